The van der Waals surface area contributed by atoms with Gasteiger partial charge in [-0.2, -0.15) is 0 Å². The molecule has 1 unspecified atom stereocenters. The van der Waals surface area contributed by atoms with E-state index in [2.05, 4.69) is 49.3 Å². The first-order valence-corrected chi connectivity index (χ1v) is 7.27. The Balaban J connectivity index is 2.20. The van der Waals surface area contributed by atoms with E-state index in [-0.39, 0.29) is 0 Å². The first-order valence-electron chi connectivity index (χ1n) is 6.39. The monoisotopic (exact) mass is 260 g/mol. The fourth-order valence-electron chi connectivity index (χ4n) is 2.06. The Labute approximate surface area is 113 Å². The third kappa shape index (κ3) is 3.18. The molecular formula is C15H20N2S. The highest BCUT2D eigenvalue weighted by Crippen LogP contribution is 2.22. The second kappa shape index (κ2) is 6.12. The number of aromatic nitrogens is 1. The van der Waals surface area contributed by atoms with Crippen molar-refractivity contribution in [2.75, 3.05) is 6.54 Å². The minimum absolute atomic E-state index is 0.362. The minimum Gasteiger partial charge on any atom is -0.310 e. The molecular weight excluding hydrogens is 240 g/mol. The lowest BCUT2D eigenvalue weighted by Gasteiger charge is -2.18. The number of nitrogens with zero attached hydrogens (tertiary/aromatic N) is 1. The molecule has 0 aliphatic carbocycles. The molecule has 1 heterocycles. The molecule has 0 bridgehead atoms. The average Bonchev–Trinajstić information content (AvgIpc) is 2.85. The van der Waals surface area contributed by atoms with Gasteiger partial charge in [-0.3, -0.25) is 0 Å². The minimum atomic E-state index is 0.362. The molecule has 3 heteroatoms. The molecule has 1 atom stereocenters. The highest BCUT2D eigenvalue weighted by atomic mass is 32.1. The molecule has 0 aliphatic rings. The molecule has 0 saturated heterocycles. The number of hydrogen-bond donors (Lipinski definition) is 1. The summed E-state index contributed by atoms with van der Waals surface area (Å²) in [6, 6.07) is 7.08. The van der Waals surface area contributed by atoms with Gasteiger partial charge in [0.1, 0.15) is 0 Å². The number of aryl methyl sites for hydroxylation is 2. The summed E-state index contributed by atoms with van der Waals surface area (Å²) >= 11 is 1.73. The van der Waals surface area contributed by atoms with Crippen LogP contribution in [0.5, 0.6) is 0 Å². The number of thiazole rings is 1. The molecule has 0 spiro atoms. The largest absolute Gasteiger partial charge is 0.310 e. The van der Waals surface area contributed by atoms with Gasteiger partial charge in [-0.05, 0) is 37.1 Å². The first kappa shape index (κ1) is 13.2. The molecule has 18 heavy (non-hydrogen) atoms. The van der Waals surface area contributed by atoms with Crippen LogP contribution in [0.3, 0.4) is 0 Å². The van der Waals surface area contributed by atoms with Gasteiger partial charge in [0.05, 0.1) is 5.01 Å². The van der Waals surface area contributed by atoms with E-state index < -0.39 is 0 Å². The molecule has 0 radical (unpaired) electrons. The molecule has 0 saturated carbocycles. The summed E-state index contributed by atoms with van der Waals surface area (Å²) in [4.78, 5) is 4.38. The van der Waals surface area contributed by atoms with E-state index in [0.29, 0.717) is 6.04 Å². The zero-order valence-electron chi connectivity index (χ0n) is 11.2. The third-order valence-electron chi connectivity index (χ3n) is 3.25. The molecule has 0 amide bonds. The van der Waals surface area contributed by atoms with Crippen molar-refractivity contribution in [3.63, 3.8) is 0 Å². The maximum atomic E-state index is 4.38. The van der Waals surface area contributed by atoms with Crippen molar-refractivity contribution in [3.8, 4) is 0 Å². The van der Waals surface area contributed by atoms with Gasteiger partial charge in [0, 0.05) is 24.0 Å². The van der Waals surface area contributed by atoms with E-state index in [1.807, 2.05) is 11.6 Å². The third-order valence-corrected chi connectivity index (χ3v) is 4.05. The second-order valence-corrected chi connectivity index (χ2v) is 5.56. The lowest BCUT2D eigenvalue weighted by atomic mass is 9.99. The van der Waals surface area contributed by atoms with Gasteiger partial charge < -0.3 is 5.32 Å². The van der Waals surface area contributed by atoms with Crippen LogP contribution in [0.2, 0.25) is 0 Å². The van der Waals surface area contributed by atoms with Gasteiger partial charge >= 0.3 is 0 Å². The Hall–Kier alpha value is -1.19. The van der Waals surface area contributed by atoms with E-state index in [0.717, 1.165) is 13.0 Å². The Morgan fingerprint density at radius 2 is 2.11 bits per heavy atom. The van der Waals surface area contributed by atoms with Crippen LogP contribution in [0.25, 0.3) is 0 Å². The number of likely N-dealkylation sites (N-methyl/N-ethyl adjacent to an activating group) is 1. The van der Waals surface area contributed by atoms with Crippen LogP contribution in [0.1, 0.15) is 34.7 Å². The Morgan fingerprint density at radius 1 is 1.28 bits per heavy atom. The number of benzene rings is 1. The Bertz CT molecular complexity index is 491. The summed E-state index contributed by atoms with van der Waals surface area (Å²) in [6.07, 6.45) is 2.84. The Kier molecular flexibility index (Phi) is 4.50. The predicted molar refractivity (Wildman–Crippen MR) is 78.2 cm³/mol. The van der Waals surface area contributed by atoms with E-state index >= 15 is 0 Å². The maximum Gasteiger partial charge on any atom is 0.0943 e. The van der Waals surface area contributed by atoms with Crippen molar-refractivity contribution in [3.05, 3.63) is 51.5 Å². The van der Waals surface area contributed by atoms with Crippen LogP contribution < -0.4 is 5.32 Å². The zero-order chi connectivity index (χ0) is 13.0. The normalized spacial score (nSPS) is 12.6. The molecule has 0 fully saturated rings. The van der Waals surface area contributed by atoms with Crippen molar-refractivity contribution in [2.24, 2.45) is 0 Å². The molecule has 1 aromatic carbocycles. The fraction of sp³-hybridized carbons (Fsp3) is 0.400. The topological polar surface area (TPSA) is 24.9 Å². The predicted octanol–water partition coefficient (Wildman–Crippen LogP) is 3.65. The lowest BCUT2D eigenvalue weighted by molar-refractivity contribution is 0.548. The molecule has 1 aromatic heterocycles. The molecule has 0 aliphatic heterocycles. The first-order chi connectivity index (χ1) is 8.70. The fourth-order valence-corrected chi connectivity index (χ4v) is 2.73. The van der Waals surface area contributed by atoms with Gasteiger partial charge in [0.2, 0.25) is 0 Å². The number of nitrogens with one attached hydrogen (secondary N) is 1. The maximum absolute atomic E-state index is 4.38. The van der Waals surface area contributed by atoms with Gasteiger partial charge in [-0.1, -0.05) is 25.1 Å². The molecule has 1 N–H and O–H groups in total. The van der Waals surface area contributed by atoms with Gasteiger partial charge in [-0.25, -0.2) is 4.98 Å². The SMILES string of the molecule is CCNC(Cc1nccs1)c1ccc(C)c(C)c1. The van der Waals surface area contributed by atoms with Crippen molar-refractivity contribution in [1.29, 1.82) is 0 Å². The summed E-state index contributed by atoms with van der Waals surface area (Å²) in [5.74, 6) is 0. The van der Waals surface area contributed by atoms with Crippen molar-refractivity contribution < 1.29 is 0 Å². The van der Waals surface area contributed by atoms with E-state index in [1.54, 1.807) is 11.3 Å². The quantitative estimate of drug-likeness (QED) is 0.887. The average molecular weight is 260 g/mol. The molecule has 2 nitrogen and oxygen atoms in total. The second-order valence-electron chi connectivity index (χ2n) is 4.58. The van der Waals surface area contributed by atoms with Crippen molar-refractivity contribution in [2.45, 2.75) is 33.2 Å². The van der Waals surface area contributed by atoms with Gasteiger partial charge in [0.15, 0.2) is 0 Å². The van der Waals surface area contributed by atoms with Gasteiger partial charge in [-0.15, -0.1) is 11.3 Å². The lowest BCUT2D eigenvalue weighted by Crippen LogP contribution is -2.23. The van der Waals surface area contributed by atoms with E-state index in [4.69, 9.17) is 0 Å². The van der Waals surface area contributed by atoms with Crippen molar-refractivity contribution >= 4 is 11.3 Å². The standard InChI is InChI=1S/C15H20N2S/c1-4-16-14(10-15-17-7-8-18-15)13-6-5-11(2)12(3)9-13/h5-9,14,16H,4,10H2,1-3H3. The van der Waals surface area contributed by atoms with Crippen LogP contribution in [-0.2, 0) is 6.42 Å². The highest BCUT2D eigenvalue weighted by molar-refractivity contribution is 7.09. The molecule has 2 rings (SSSR count). The Morgan fingerprint density at radius 3 is 2.72 bits per heavy atom. The molecule has 96 valence electrons. The number of hydrogen-bond acceptors (Lipinski definition) is 3. The van der Waals surface area contributed by atoms with Crippen molar-refractivity contribution in [1.82, 2.24) is 10.3 Å². The van der Waals surface area contributed by atoms with E-state index in [1.165, 1.54) is 21.7 Å². The van der Waals surface area contributed by atoms with Gasteiger partial charge in [0.25, 0.3) is 0 Å². The van der Waals surface area contributed by atoms with Crippen LogP contribution in [0.15, 0.2) is 29.8 Å². The summed E-state index contributed by atoms with van der Waals surface area (Å²) in [6.45, 7) is 7.45. The summed E-state index contributed by atoms with van der Waals surface area (Å²) in [5, 5.41) is 6.78. The summed E-state index contributed by atoms with van der Waals surface area (Å²) in [7, 11) is 0. The van der Waals surface area contributed by atoms with Crippen LogP contribution in [0, 0.1) is 13.8 Å². The highest BCUT2D eigenvalue weighted by Gasteiger charge is 2.13. The summed E-state index contributed by atoms with van der Waals surface area (Å²) in [5.41, 5.74) is 4.06. The number of rotatable bonds is 5. The van der Waals surface area contributed by atoms with Crippen LogP contribution >= 0.6 is 11.3 Å². The molecule has 2 aromatic rings. The zero-order valence-corrected chi connectivity index (χ0v) is 12.1. The van der Waals surface area contributed by atoms with Crippen LogP contribution in [0.4, 0.5) is 0 Å². The van der Waals surface area contributed by atoms with E-state index in [9.17, 15) is 0 Å². The summed E-state index contributed by atoms with van der Waals surface area (Å²) < 4.78 is 0. The van der Waals surface area contributed by atoms with Crippen LogP contribution in [-0.4, -0.2) is 11.5 Å². The smallest absolute Gasteiger partial charge is 0.0943 e.